The molecule has 0 saturated carbocycles. The van der Waals surface area contributed by atoms with Crippen molar-refractivity contribution >= 4 is 28.3 Å². The molecule has 41 heavy (non-hydrogen) atoms. The maximum absolute atomic E-state index is 12.7. The van der Waals surface area contributed by atoms with E-state index in [4.69, 9.17) is 9.72 Å². The number of ether oxygens (including phenoxy) is 1. The Morgan fingerprint density at radius 1 is 1.12 bits per heavy atom. The van der Waals surface area contributed by atoms with Gasteiger partial charge in [0.15, 0.2) is 6.10 Å². The zero-order valence-corrected chi connectivity index (χ0v) is 22.2. The summed E-state index contributed by atoms with van der Waals surface area (Å²) in [6, 6.07) is 14.2. The Kier molecular flexibility index (Phi) is 8.31. The van der Waals surface area contributed by atoms with Crippen LogP contribution in [0.3, 0.4) is 0 Å². The third kappa shape index (κ3) is 6.72. The van der Waals surface area contributed by atoms with E-state index in [1.165, 1.54) is 0 Å². The molecular weight excluding hydrogens is 537 g/mol. The van der Waals surface area contributed by atoms with Gasteiger partial charge in [-0.05, 0) is 56.1 Å². The van der Waals surface area contributed by atoms with Gasteiger partial charge in [-0.3, -0.25) is 4.79 Å². The Bertz CT molecular complexity index is 1540. The van der Waals surface area contributed by atoms with E-state index in [0.717, 1.165) is 31.5 Å². The van der Waals surface area contributed by atoms with E-state index in [2.05, 4.69) is 25.9 Å². The average Bonchev–Trinajstić information content (AvgIpc) is 2.95. The summed E-state index contributed by atoms with van der Waals surface area (Å²) >= 11 is 0. The van der Waals surface area contributed by atoms with Crippen LogP contribution in [0.2, 0.25) is 0 Å². The highest BCUT2D eigenvalue weighted by Gasteiger charge is 2.39. The first-order chi connectivity index (χ1) is 19.7. The number of fused-ring (bicyclic) bond motifs is 1. The number of piperidine rings is 1. The van der Waals surface area contributed by atoms with Gasteiger partial charge in [-0.15, -0.1) is 0 Å². The van der Waals surface area contributed by atoms with Crippen LogP contribution in [0.15, 0.2) is 60.9 Å². The summed E-state index contributed by atoms with van der Waals surface area (Å²) in [7, 11) is 0. The number of halogens is 3. The number of hydrogen-bond donors (Lipinski definition) is 4. The normalized spacial score (nSPS) is 16.3. The first kappa shape index (κ1) is 28.2. The van der Waals surface area contributed by atoms with Crippen molar-refractivity contribution in [2.75, 3.05) is 23.7 Å². The van der Waals surface area contributed by atoms with Crippen LogP contribution >= 0.6 is 0 Å². The number of alkyl halides is 3. The lowest BCUT2D eigenvalue weighted by atomic mass is 10.0. The van der Waals surface area contributed by atoms with Gasteiger partial charge < -0.3 is 25.8 Å². The van der Waals surface area contributed by atoms with Crippen molar-refractivity contribution < 1.29 is 27.8 Å². The van der Waals surface area contributed by atoms with E-state index in [1.807, 2.05) is 13.0 Å². The summed E-state index contributed by atoms with van der Waals surface area (Å²) in [6.07, 6.45) is -3.38. The molecule has 2 atom stereocenters. The fourth-order valence-electron chi connectivity index (χ4n) is 4.68. The van der Waals surface area contributed by atoms with Gasteiger partial charge in [0.25, 0.3) is 0 Å². The zero-order valence-electron chi connectivity index (χ0n) is 22.2. The number of nitrogens with zero attached hydrogens (tertiary/aromatic N) is 3. The number of benzene rings is 2. The highest BCUT2D eigenvalue weighted by atomic mass is 19.4. The Labute approximate surface area is 234 Å². The van der Waals surface area contributed by atoms with Crippen molar-refractivity contribution in [3.63, 3.8) is 0 Å². The van der Waals surface area contributed by atoms with Crippen molar-refractivity contribution in [2.45, 2.75) is 44.5 Å². The maximum atomic E-state index is 12.7. The zero-order chi connectivity index (χ0) is 29.0. The van der Waals surface area contributed by atoms with Gasteiger partial charge in [0.2, 0.25) is 17.7 Å². The number of carbonyl (C=O) groups excluding carboxylic acids is 1. The fraction of sp³-hybridized carbons (Fsp3) is 0.310. The first-order valence-corrected chi connectivity index (χ1v) is 13.2. The number of amides is 1. The molecule has 3 heterocycles. The molecule has 12 heteroatoms. The molecule has 0 aliphatic carbocycles. The Hall–Kier alpha value is -4.29. The summed E-state index contributed by atoms with van der Waals surface area (Å²) in [5.41, 5.74) is 2.32. The van der Waals surface area contributed by atoms with Crippen molar-refractivity contribution in [3.8, 4) is 22.9 Å². The molecule has 9 nitrogen and oxygen atoms in total. The minimum Gasteiger partial charge on any atom is -0.437 e. The van der Waals surface area contributed by atoms with Gasteiger partial charge in [-0.2, -0.15) is 13.2 Å². The van der Waals surface area contributed by atoms with E-state index in [9.17, 15) is 23.1 Å². The van der Waals surface area contributed by atoms with Crippen molar-refractivity contribution in [3.05, 3.63) is 66.5 Å². The molecule has 1 aliphatic heterocycles. The molecule has 214 valence electrons. The topological polar surface area (TPSA) is 121 Å². The third-order valence-corrected chi connectivity index (χ3v) is 6.77. The van der Waals surface area contributed by atoms with E-state index in [1.54, 1.807) is 54.9 Å². The molecule has 0 radical (unpaired) electrons. The minimum atomic E-state index is -4.89. The summed E-state index contributed by atoms with van der Waals surface area (Å²) in [6.45, 7) is 3.69. The molecule has 0 spiro atoms. The second-order valence-corrected chi connectivity index (χ2v) is 9.83. The lowest BCUT2D eigenvalue weighted by Gasteiger charge is -2.23. The van der Waals surface area contributed by atoms with Crippen LogP contribution in [-0.2, 0) is 4.79 Å². The molecule has 4 N–H and O–H groups in total. The van der Waals surface area contributed by atoms with Gasteiger partial charge in [0.05, 0.1) is 17.7 Å². The fourth-order valence-corrected chi connectivity index (χ4v) is 4.68. The van der Waals surface area contributed by atoms with E-state index in [0.29, 0.717) is 39.6 Å². The van der Waals surface area contributed by atoms with Gasteiger partial charge >= 0.3 is 6.18 Å². The predicted octanol–water partition coefficient (Wildman–Crippen LogP) is 5.21. The molecule has 1 amide bonds. The van der Waals surface area contributed by atoms with Crippen LogP contribution in [0, 0.1) is 6.92 Å². The van der Waals surface area contributed by atoms with Crippen LogP contribution in [-0.4, -0.2) is 57.4 Å². The summed E-state index contributed by atoms with van der Waals surface area (Å²) < 4.78 is 44.5. The van der Waals surface area contributed by atoms with Crippen molar-refractivity contribution in [1.82, 2.24) is 20.3 Å². The summed E-state index contributed by atoms with van der Waals surface area (Å²) in [5.74, 6) is 0.308. The maximum Gasteiger partial charge on any atom is 0.414 e. The Morgan fingerprint density at radius 3 is 2.76 bits per heavy atom. The molecule has 5 rings (SSSR count). The number of rotatable bonds is 8. The lowest BCUT2D eigenvalue weighted by molar-refractivity contribution is -0.205. The van der Waals surface area contributed by atoms with Crippen LogP contribution in [0.4, 0.5) is 24.8 Å². The number of aromatic nitrogens is 3. The van der Waals surface area contributed by atoms with Crippen LogP contribution in [0.1, 0.15) is 24.8 Å². The highest BCUT2D eigenvalue weighted by molar-refractivity contribution is 6.04. The van der Waals surface area contributed by atoms with Crippen molar-refractivity contribution in [1.29, 1.82) is 0 Å². The number of aliphatic hydroxyl groups is 1. The highest BCUT2D eigenvalue weighted by Crippen LogP contribution is 2.38. The molecule has 4 aromatic rings. The van der Waals surface area contributed by atoms with Gasteiger partial charge in [0.1, 0.15) is 5.75 Å². The standard InChI is InChI=1S/C29H29F3N6O3/c1-17-9-10-19-20(6-2-8-22(19)37-25(40)15-24(39)29(30,31)32)26(17)41-27-21(7-4-13-34-27)23-11-14-35-28(38-23)36-18-5-3-12-33-16-18/h2,4,6-11,13-14,18,24,33,39H,3,5,12,15-16H2,1H3,(H,37,40)(H,35,36,38)/t18-,24?/m0/s1. The molecule has 1 aliphatic rings. The van der Waals surface area contributed by atoms with E-state index in [-0.39, 0.29) is 11.7 Å². The SMILES string of the molecule is Cc1ccc2c(NC(=O)CC(O)C(F)(F)F)cccc2c1Oc1ncccc1-c1ccnc(N[C@H]2CCCNC2)n1. The van der Waals surface area contributed by atoms with Gasteiger partial charge in [0, 0.05) is 41.4 Å². The van der Waals surface area contributed by atoms with Gasteiger partial charge in [-0.25, -0.2) is 15.0 Å². The van der Waals surface area contributed by atoms with E-state index < -0.39 is 24.6 Å². The largest absolute Gasteiger partial charge is 0.437 e. The number of hydrogen-bond acceptors (Lipinski definition) is 8. The van der Waals surface area contributed by atoms with E-state index >= 15 is 0 Å². The number of pyridine rings is 1. The first-order valence-electron chi connectivity index (χ1n) is 13.2. The number of nitrogens with one attached hydrogen (secondary N) is 3. The molecule has 2 aromatic heterocycles. The molecule has 0 bridgehead atoms. The summed E-state index contributed by atoms with van der Waals surface area (Å²) in [5, 5.41) is 19.7. The smallest absolute Gasteiger partial charge is 0.414 e. The number of aryl methyl sites for hydroxylation is 1. The number of anilines is 2. The number of carbonyl (C=O) groups is 1. The molecule has 1 fully saturated rings. The number of aliphatic hydroxyl groups excluding tert-OH is 1. The minimum absolute atomic E-state index is 0.230. The van der Waals surface area contributed by atoms with Crippen molar-refractivity contribution in [2.24, 2.45) is 0 Å². The molecule has 1 saturated heterocycles. The Balaban J connectivity index is 1.43. The average molecular weight is 567 g/mol. The lowest BCUT2D eigenvalue weighted by Crippen LogP contribution is -2.38. The predicted molar refractivity (Wildman–Crippen MR) is 149 cm³/mol. The van der Waals surface area contributed by atoms with Crippen LogP contribution < -0.4 is 20.7 Å². The molecule has 1 unspecified atom stereocenters. The Morgan fingerprint density at radius 2 is 1.98 bits per heavy atom. The third-order valence-electron chi connectivity index (χ3n) is 6.77. The van der Waals surface area contributed by atoms with Crippen LogP contribution in [0.25, 0.3) is 22.0 Å². The van der Waals surface area contributed by atoms with Gasteiger partial charge in [-0.1, -0.05) is 24.3 Å². The second-order valence-electron chi connectivity index (χ2n) is 9.83. The summed E-state index contributed by atoms with van der Waals surface area (Å²) in [4.78, 5) is 25.8. The molecular formula is C29H29F3N6O3. The van der Waals surface area contributed by atoms with Crippen LogP contribution in [0.5, 0.6) is 11.6 Å². The monoisotopic (exact) mass is 566 g/mol. The second kappa shape index (κ2) is 12.1. The quantitative estimate of drug-likeness (QED) is 0.230. The molecule has 2 aromatic carbocycles.